The summed E-state index contributed by atoms with van der Waals surface area (Å²) in [6, 6.07) is 9.65. The summed E-state index contributed by atoms with van der Waals surface area (Å²) in [4.78, 5) is 23.4. The smallest absolute Gasteiger partial charge is 0.252 e. The number of carbonyl (C=O) groups excluding carboxylic acids is 2. The van der Waals surface area contributed by atoms with E-state index in [1.54, 1.807) is 30.3 Å². The summed E-state index contributed by atoms with van der Waals surface area (Å²) in [6.45, 7) is 0. The van der Waals surface area contributed by atoms with Crippen LogP contribution >= 0.6 is 0 Å². The van der Waals surface area contributed by atoms with Crippen LogP contribution < -0.4 is 11.1 Å². The largest absolute Gasteiger partial charge is 0.368 e. The van der Waals surface area contributed by atoms with Gasteiger partial charge in [0.05, 0.1) is 0 Å². The average Bonchev–Trinajstić information content (AvgIpc) is 2.44. The van der Waals surface area contributed by atoms with Crippen LogP contribution in [0.25, 0.3) is 0 Å². The summed E-state index contributed by atoms with van der Waals surface area (Å²) in [6.07, 6.45) is 0. The van der Waals surface area contributed by atoms with Crippen LogP contribution in [0.5, 0.6) is 0 Å². The van der Waals surface area contributed by atoms with Crippen molar-refractivity contribution < 1.29 is 18.4 Å². The first-order valence-corrected chi connectivity index (χ1v) is 6.08. The number of carbonyl (C=O) groups is 2. The number of rotatable bonds is 4. The van der Waals surface area contributed by atoms with Crippen molar-refractivity contribution in [3.05, 3.63) is 71.3 Å². The van der Waals surface area contributed by atoms with Gasteiger partial charge >= 0.3 is 0 Å². The van der Waals surface area contributed by atoms with Gasteiger partial charge < -0.3 is 11.1 Å². The van der Waals surface area contributed by atoms with Gasteiger partial charge in [0.1, 0.15) is 17.7 Å². The maximum atomic E-state index is 13.1. The first-order valence-electron chi connectivity index (χ1n) is 6.08. The molecule has 0 aliphatic heterocycles. The summed E-state index contributed by atoms with van der Waals surface area (Å²) in [5, 5.41) is 2.36. The molecule has 0 bridgehead atoms. The molecule has 2 rings (SSSR count). The molecule has 6 heteroatoms. The van der Waals surface area contributed by atoms with Crippen LogP contribution in [0, 0.1) is 11.6 Å². The zero-order valence-electron chi connectivity index (χ0n) is 10.8. The molecule has 0 aliphatic carbocycles. The highest BCUT2D eigenvalue weighted by molar-refractivity contribution is 5.97. The number of benzene rings is 2. The molecule has 108 valence electrons. The van der Waals surface area contributed by atoms with Gasteiger partial charge in [0.25, 0.3) is 5.91 Å². The van der Waals surface area contributed by atoms with E-state index in [0.717, 1.165) is 12.1 Å². The molecule has 1 unspecified atom stereocenters. The number of primary amides is 1. The van der Waals surface area contributed by atoms with E-state index in [4.69, 9.17) is 5.73 Å². The summed E-state index contributed by atoms with van der Waals surface area (Å²) < 4.78 is 26.2. The zero-order valence-corrected chi connectivity index (χ0v) is 10.8. The van der Waals surface area contributed by atoms with Crippen molar-refractivity contribution in [1.82, 2.24) is 5.32 Å². The second-order valence-electron chi connectivity index (χ2n) is 4.38. The summed E-state index contributed by atoms with van der Waals surface area (Å²) in [7, 11) is 0. The Bertz CT molecular complexity index is 654. The Hall–Kier alpha value is -2.76. The molecule has 0 heterocycles. The van der Waals surface area contributed by atoms with E-state index in [-0.39, 0.29) is 5.56 Å². The van der Waals surface area contributed by atoms with Crippen LogP contribution in [0.2, 0.25) is 0 Å². The molecule has 0 radical (unpaired) electrons. The van der Waals surface area contributed by atoms with E-state index in [2.05, 4.69) is 5.32 Å². The average molecular weight is 290 g/mol. The van der Waals surface area contributed by atoms with Gasteiger partial charge in [-0.2, -0.15) is 0 Å². The van der Waals surface area contributed by atoms with Gasteiger partial charge in [0, 0.05) is 11.6 Å². The highest BCUT2D eigenvalue weighted by atomic mass is 19.1. The summed E-state index contributed by atoms with van der Waals surface area (Å²) in [5.41, 5.74) is 5.51. The minimum absolute atomic E-state index is 0.227. The Morgan fingerprint density at radius 3 is 2.10 bits per heavy atom. The first-order chi connectivity index (χ1) is 9.97. The molecule has 4 nitrogen and oxygen atoms in total. The van der Waals surface area contributed by atoms with Crippen molar-refractivity contribution in [2.45, 2.75) is 6.04 Å². The molecule has 3 N–H and O–H groups in total. The van der Waals surface area contributed by atoms with Crippen LogP contribution in [-0.2, 0) is 4.79 Å². The molecule has 0 spiro atoms. The Balaban J connectivity index is 2.25. The van der Waals surface area contributed by atoms with Crippen LogP contribution in [0.4, 0.5) is 8.78 Å². The van der Waals surface area contributed by atoms with E-state index in [0.29, 0.717) is 11.6 Å². The standard InChI is InChI=1S/C15H12F2N2O2/c16-11-6-10(7-12(17)8-11)15(21)19-13(14(18)20)9-4-2-1-3-5-9/h1-8,13H,(H2,18,20)(H,19,21). The highest BCUT2D eigenvalue weighted by Gasteiger charge is 2.21. The van der Waals surface area contributed by atoms with Gasteiger partial charge in [-0.1, -0.05) is 30.3 Å². The van der Waals surface area contributed by atoms with Crippen molar-refractivity contribution in [2.75, 3.05) is 0 Å². The molecule has 2 amide bonds. The second-order valence-corrected chi connectivity index (χ2v) is 4.38. The van der Waals surface area contributed by atoms with Crippen molar-refractivity contribution in [2.24, 2.45) is 5.73 Å². The fraction of sp³-hybridized carbons (Fsp3) is 0.0667. The Morgan fingerprint density at radius 1 is 1.00 bits per heavy atom. The predicted octanol–water partition coefficient (Wildman–Crippen LogP) is 1.92. The van der Waals surface area contributed by atoms with Crippen LogP contribution in [0.3, 0.4) is 0 Å². The third-order valence-electron chi connectivity index (χ3n) is 2.82. The number of nitrogens with two attached hydrogens (primary N) is 1. The van der Waals surface area contributed by atoms with Crippen LogP contribution in [0.15, 0.2) is 48.5 Å². The quantitative estimate of drug-likeness (QED) is 0.903. The summed E-state index contributed by atoms with van der Waals surface area (Å²) in [5.74, 6) is -3.32. The van der Waals surface area contributed by atoms with Crippen molar-refractivity contribution in [3.63, 3.8) is 0 Å². The zero-order chi connectivity index (χ0) is 15.4. The van der Waals surface area contributed by atoms with Gasteiger partial charge in [-0.05, 0) is 17.7 Å². The van der Waals surface area contributed by atoms with E-state index >= 15 is 0 Å². The van der Waals surface area contributed by atoms with Crippen molar-refractivity contribution >= 4 is 11.8 Å². The Kier molecular flexibility index (Phi) is 4.27. The lowest BCUT2D eigenvalue weighted by Gasteiger charge is -2.16. The third-order valence-corrected chi connectivity index (χ3v) is 2.82. The normalized spacial score (nSPS) is 11.7. The molecule has 2 aromatic carbocycles. The maximum absolute atomic E-state index is 13.1. The molecule has 21 heavy (non-hydrogen) atoms. The lowest BCUT2D eigenvalue weighted by atomic mass is 10.1. The topological polar surface area (TPSA) is 72.2 Å². The minimum Gasteiger partial charge on any atom is -0.368 e. The molecule has 0 fully saturated rings. The van der Waals surface area contributed by atoms with Gasteiger partial charge in [-0.3, -0.25) is 9.59 Å². The number of amides is 2. The monoisotopic (exact) mass is 290 g/mol. The lowest BCUT2D eigenvalue weighted by molar-refractivity contribution is -0.120. The van der Waals surface area contributed by atoms with E-state index in [1.807, 2.05) is 0 Å². The molecular formula is C15H12F2N2O2. The van der Waals surface area contributed by atoms with E-state index in [9.17, 15) is 18.4 Å². The van der Waals surface area contributed by atoms with Crippen molar-refractivity contribution in [1.29, 1.82) is 0 Å². The number of hydrogen-bond acceptors (Lipinski definition) is 2. The molecular weight excluding hydrogens is 278 g/mol. The lowest BCUT2D eigenvalue weighted by Crippen LogP contribution is -2.37. The van der Waals surface area contributed by atoms with Gasteiger partial charge in [0.15, 0.2) is 0 Å². The van der Waals surface area contributed by atoms with Crippen molar-refractivity contribution in [3.8, 4) is 0 Å². The fourth-order valence-corrected chi connectivity index (χ4v) is 1.86. The Labute approximate surface area is 119 Å². The highest BCUT2D eigenvalue weighted by Crippen LogP contribution is 2.14. The SMILES string of the molecule is NC(=O)C(NC(=O)c1cc(F)cc(F)c1)c1ccccc1. The minimum atomic E-state index is -1.08. The second kappa shape index (κ2) is 6.13. The molecule has 0 saturated heterocycles. The fourth-order valence-electron chi connectivity index (χ4n) is 1.86. The molecule has 0 aliphatic rings. The van der Waals surface area contributed by atoms with Gasteiger partial charge in [-0.25, -0.2) is 8.78 Å². The van der Waals surface area contributed by atoms with Gasteiger partial charge in [0.2, 0.25) is 5.91 Å². The molecule has 1 atom stereocenters. The molecule has 2 aromatic rings. The van der Waals surface area contributed by atoms with Gasteiger partial charge in [-0.15, -0.1) is 0 Å². The third kappa shape index (κ3) is 3.62. The maximum Gasteiger partial charge on any atom is 0.252 e. The first kappa shape index (κ1) is 14.6. The van der Waals surface area contributed by atoms with E-state index in [1.165, 1.54) is 0 Å². The number of halogens is 2. The van der Waals surface area contributed by atoms with Crippen LogP contribution in [-0.4, -0.2) is 11.8 Å². The molecule has 0 saturated carbocycles. The van der Waals surface area contributed by atoms with E-state index < -0.39 is 29.5 Å². The Morgan fingerprint density at radius 2 is 1.57 bits per heavy atom. The molecule has 0 aromatic heterocycles. The number of nitrogens with one attached hydrogen (secondary N) is 1. The predicted molar refractivity (Wildman–Crippen MR) is 72.2 cm³/mol. The number of hydrogen-bond donors (Lipinski definition) is 2. The summed E-state index contributed by atoms with van der Waals surface area (Å²) >= 11 is 0. The van der Waals surface area contributed by atoms with Crippen LogP contribution in [0.1, 0.15) is 22.0 Å².